The zero-order valence-corrected chi connectivity index (χ0v) is 11.9. The molecule has 1 aromatic carbocycles. The maximum absolute atomic E-state index is 8.46. The van der Waals surface area contributed by atoms with Crippen LogP contribution in [0, 0.1) is 22.7 Å². The van der Waals surface area contributed by atoms with Gasteiger partial charge in [0.15, 0.2) is 6.61 Å². The summed E-state index contributed by atoms with van der Waals surface area (Å²) in [5.41, 5.74) is 1.78. The molecule has 2 unspecified atom stereocenters. The second-order valence-corrected chi connectivity index (χ2v) is 6.04. The molecule has 0 aromatic heterocycles. The number of nitrogens with zero attached hydrogens (tertiary/aromatic N) is 1. The molecule has 1 N–H and O–H groups in total. The number of nitrogens with one attached hydrogen (secondary N) is 1. The van der Waals surface area contributed by atoms with Crippen molar-refractivity contribution in [3.8, 4) is 11.8 Å². The van der Waals surface area contributed by atoms with E-state index in [-0.39, 0.29) is 6.61 Å². The zero-order valence-electron chi connectivity index (χ0n) is 11.9. The molecule has 3 nitrogen and oxygen atoms in total. The fourth-order valence-corrected chi connectivity index (χ4v) is 2.33. The number of benzene rings is 1. The summed E-state index contributed by atoms with van der Waals surface area (Å²) in [6.07, 6.45) is 1.33. The SMILES string of the molecule is CC(NCC1CC1(C)C)c1ccc(OCC#N)cc1. The summed E-state index contributed by atoms with van der Waals surface area (Å²) in [4.78, 5) is 0. The lowest BCUT2D eigenvalue weighted by Crippen LogP contribution is -2.22. The van der Waals surface area contributed by atoms with Crippen molar-refractivity contribution >= 4 is 0 Å². The van der Waals surface area contributed by atoms with E-state index >= 15 is 0 Å². The topological polar surface area (TPSA) is 45.0 Å². The molecular weight excluding hydrogens is 236 g/mol. The molecular formula is C16H22N2O. The van der Waals surface area contributed by atoms with Crippen molar-refractivity contribution in [2.75, 3.05) is 13.2 Å². The minimum atomic E-state index is 0.101. The highest BCUT2D eigenvalue weighted by atomic mass is 16.5. The first-order chi connectivity index (χ1) is 9.03. The van der Waals surface area contributed by atoms with Crippen molar-refractivity contribution in [2.45, 2.75) is 33.2 Å². The van der Waals surface area contributed by atoms with Gasteiger partial charge in [-0.05, 0) is 48.9 Å². The van der Waals surface area contributed by atoms with Gasteiger partial charge in [-0.15, -0.1) is 0 Å². The minimum Gasteiger partial charge on any atom is -0.479 e. The molecule has 0 saturated heterocycles. The van der Waals surface area contributed by atoms with Crippen LogP contribution in [0.25, 0.3) is 0 Å². The van der Waals surface area contributed by atoms with Crippen LogP contribution in [0.4, 0.5) is 0 Å². The number of rotatable bonds is 6. The predicted molar refractivity (Wildman–Crippen MR) is 75.9 cm³/mol. The van der Waals surface area contributed by atoms with Gasteiger partial charge in [0.1, 0.15) is 11.8 Å². The van der Waals surface area contributed by atoms with Crippen molar-refractivity contribution in [1.29, 1.82) is 5.26 Å². The van der Waals surface area contributed by atoms with E-state index < -0.39 is 0 Å². The summed E-state index contributed by atoms with van der Waals surface area (Å²) in [7, 11) is 0. The molecule has 0 amide bonds. The van der Waals surface area contributed by atoms with E-state index in [9.17, 15) is 0 Å². The zero-order chi connectivity index (χ0) is 13.9. The molecule has 1 saturated carbocycles. The van der Waals surface area contributed by atoms with E-state index in [2.05, 4.69) is 38.2 Å². The van der Waals surface area contributed by atoms with E-state index in [0.717, 1.165) is 18.2 Å². The van der Waals surface area contributed by atoms with Crippen LogP contribution in [0.1, 0.15) is 38.8 Å². The van der Waals surface area contributed by atoms with E-state index in [1.807, 2.05) is 18.2 Å². The monoisotopic (exact) mass is 258 g/mol. The van der Waals surface area contributed by atoms with Crippen molar-refractivity contribution in [3.05, 3.63) is 29.8 Å². The first-order valence-corrected chi connectivity index (χ1v) is 6.86. The maximum Gasteiger partial charge on any atom is 0.174 e. The quantitative estimate of drug-likeness (QED) is 0.851. The van der Waals surface area contributed by atoms with Crippen LogP contribution >= 0.6 is 0 Å². The van der Waals surface area contributed by atoms with Crippen molar-refractivity contribution in [2.24, 2.45) is 11.3 Å². The Balaban J connectivity index is 1.82. The lowest BCUT2D eigenvalue weighted by molar-refractivity contribution is 0.368. The minimum absolute atomic E-state index is 0.101. The molecule has 1 aromatic rings. The molecule has 1 aliphatic carbocycles. The lowest BCUT2D eigenvalue weighted by atomic mass is 10.1. The summed E-state index contributed by atoms with van der Waals surface area (Å²) in [6.45, 7) is 8.02. The Bertz CT molecular complexity index is 459. The third-order valence-electron chi connectivity index (χ3n) is 4.07. The largest absolute Gasteiger partial charge is 0.479 e. The standard InChI is InChI=1S/C16H22N2O/c1-12(18-11-14-10-16(14,2)3)13-4-6-15(7-5-13)19-9-8-17/h4-7,12,14,18H,9-11H2,1-3H3. The molecule has 0 radical (unpaired) electrons. The molecule has 0 heterocycles. The molecule has 1 fully saturated rings. The van der Waals surface area contributed by atoms with Gasteiger partial charge in [-0.2, -0.15) is 5.26 Å². The number of ether oxygens (including phenoxy) is 1. The van der Waals surface area contributed by atoms with Gasteiger partial charge in [0.2, 0.25) is 0 Å². The van der Waals surface area contributed by atoms with E-state index in [1.54, 1.807) is 0 Å². The van der Waals surface area contributed by atoms with Crippen LogP contribution in [0.15, 0.2) is 24.3 Å². The van der Waals surface area contributed by atoms with E-state index in [1.165, 1.54) is 12.0 Å². The number of hydrogen-bond donors (Lipinski definition) is 1. The van der Waals surface area contributed by atoms with Crippen LogP contribution in [0.5, 0.6) is 5.75 Å². The number of nitriles is 1. The highest BCUT2D eigenvalue weighted by molar-refractivity contribution is 5.29. The van der Waals surface area contributed by atoms with Crippen LogP contribution in [-0.2, 0) is 0 Å². The Morgan fingerprint density at radius 3 is 2.58 bits per heavy atom. The summed E-state index contributed by atoms with van der Waals surface area (Å²) in [5, 5.41) is 12.0. The normalized spacial score (nSPS) is 21.5. The van der Waals surface area contributed by atoms with Gasteiger partial charge in [-0.3, -0.25) is 0 Å². The van der Waals surface area contributed by atoms with Crippen LogP contribution in [-0.4, -0.2) is 13.2 Å². The van der Waals surface area contributed by atoms with Crippen molar-refractivity contribution in [3.63, 3.8) is 0 Å². The Morgan fingerprint density at radius 2 is 2.05 bits per heavy atom. The fraction of sp³-hybridized carbons (Fsp3) is 0.562. The van der Waals surface area contributed by atoms with Crippen molar-refractivity contribution < 1.29 is 4.74 Å². The molecule has 1 aliphatic rings. The third-order valence-corrected chi connectivity index (χ3v) is 4.07. The van der Waals surface area contributed by atoms with Gasteiger partial charge in [0.05, 0.1) is 0 Å². The molecule has 0 spiro atoms. The Labute approximate surface area is 115 Å². The summed E-state index contributed by atoms with van der Waals surface area (Å²) < 4.78 is 5.24. The van der Waals surface area contributed by atoms with Gasteiger partial charge in [-0.25, -0.2) is 0 Å². The third kappa shape index (κ3) is 3.71. The Hall–Kier alpha value is -1.53. The van der Waals surface area contributed by atoms with Gasteiger partial charge in [0.25, 0.3) is 0 Å². The Morgan fingerprint density at radius 1 is 1.42 bits per heavy atom. The molecule has 102 valence electrons. The van der Waals surface area contributed by atoms with Gasteiger partial charge in [0, 0.05) is 6.04 Å². The van der Waals surface area contributed by atoms with Crippen LogP contribution < -0.4 is 10.1 Å². The predicted octanol–water partition coefficient (Wildman–Crippen LogP) is 3.29. The molecule has 19 heavy (non-hydrogen) atoms. The molecule has 2 atom stereocenters. The maximum atomic E-state index is 8.46. The average molecular weight is 258 g/mol. The van der Waals surface area contributed by atoms with E-state index in [0.29, 0.717) is 11.5 Å². The smallest absolute Gasteiger partial charge is 0.174 e. The summed E-state index contributed by atoms with van der Waals surface area (Å²) >= 11 is 0. The first kappa shape index (κ1) is 13.9. The fourth-order valence-electron chi connectivity index (χ4n) is 2.33. The van der Waals surface area contributed by atoms with Gasteiger partial charge in [-0.1, -0.05) is 26.0 Å². The first-order valence-electron chi connectivity index (χ1n) is 6.86. The second kappa shape index (κ2) is 5.63. The summed E-state index contributed by atoms with van der Waals surface area (Å²) in [6, 6.07) is 10.3. The number of hydrogen-bond acceptors (Lipinski definition) is 3. The van der Waals surface area contributed by atoms with E-state index in [4.69, 9.17) is 10.00 Å². The molecule has 0 bridgehead atoms. The molecule has 3 heteroatoms. The molecule has 0 aliphatic heterocycles. The summed E-state index contributed by atoms with van der Waals surface area (Å²) in [5.74, 6) is 1.56. The highest BCUT2D eigenvalue weighted by Gasteiger charge is 2.44. The highest BCUT2D eigenvalue weighted by Crippen LogP contribution is 2.51. The van der Waals surface area contributed by atoms with Gasteiger partial charge >= 0.3 is 0 Å². The van der Waals surface area contributed by atoms with Gasteiger partial charge < -0.3 is 10.1 Å². The average Bonchev–Trinajstić information content (AvgIpc) is 3.02. The van der Waals surface area contributed by atoms with Crippen LogP contribution in [0.2, 0.25) is 0 Å². The lowest BCUT2D eigenvalue weighted by Gasteiger charge is -2.15. The molecule has 2 rings (SSSR count). The van der Waals surface area contributed by atoms with Crippen molar-refractivity contribution in [1.82, 2.24) is 5.32 Å². The van der Waals surface area contributed by atoms with Crippen LogP contribution in [0.3, 0.4) is 0 Å². The second-order valence-electron chi connectivity index (χ2n) is 6.04. The Kier molecular flexibility index (Phi) is 4.11.